The first-order chi connectivity index (χ1) is 7.27. The number of rotatable bonds is 11. The van der Waals surface area contributed by atoms with E-state index in [1.54, 1.807) is 0 Å². The van der Waals surface area contributed by atoms with E-state index in [1.165, 1.54) is 38.5 Å². The monoisotopic (exact) mass is 300 g/mol. The van der Waals surface area contributed by atoms with Gasteiger partial charge in [-0.1, -0.05) is 54.5 Å². The second-order valence-electron chi connectivity index (χ2n) is 3.63. The molecule has 0 heterocycles. The Morgan fingerprint density at radius 2 is 1.40 bits per heavy atom. The molecule has 0 aromatic rings. The van der Waals surface area contributed by atoms with Crippen LogP contribution in [0.2, 0.25) is 0 Å². The molecule has 0 aliphatic rings. The van der Waals surface area contributed by atoms with Crippen LogP contribution < -0.4 is 0 Å². The molecule has 0 saturated carbocycles. The lowest BCUT2D eigenvalue weighted by Crippen LogP contribution is -1.87. The Balaban J connectivity index is 2.89. The second-order valence-corrected chi connectivity index (χ2v) is 5.25. The first kappa shape index (κ1) is 15.6. The predicted octanol–water partition coefficient (Wildman–Crippen LogP) is 3.90. The van der Waals surface area contributed by atoms with E-state index in [9.17, 15) is 4.57 Å². The van der Waals surface area contributed by atoms with Gasteiger partial charge in [-0.25, -0.2) is 0 Å². The number of alkyl halides is 1. The average molecular weight is 301 g/mol. The van der Waals surface area contributed by atoms with Gasteiger partial charge in [-0.05, 0) is 12.8 Å². The fourth-order valence-electron chi connectivity index (χ4n) is 1.42. The van der Waals surface area contributed by atoms with Crippen molar-refractivity contribution in [2.75, 3.05) is 11.9 Å². The van der Waals surface area contributed by atoms with E-state index in [1.807, 2.05) is 0 Å². The van der Waals surface area contributed by atoms with Crippen LogP contribution in [-0.2, 0) is 9.09 Å². The third kappa shape index (κ3) is 14.6. The Morgan fingerprint density at radius 1 is 0.933 bits per heavy atom. The van der Waals surface area contributed by atoms with Gasteiger partial charge in [0.05, 0.1) is 6.61 Å². The minimum Gasteiger partial charge on any atom is -0.326 e. The van der Waals surface area contributed by atoms with Crippen molar-refractivity contribution in [2.45, 2.75) is 51.4 Å². The Hall–Kier alpha value is 0.630. The molecule has 3 nitrogen and oxygen atoms in total. The van der Waals surface area contributed by atoms with E-state index in [2.05, 4.69) is 20.5 Å². The van der Waals surface area contributed by atoms with Crippen LogP contribution in [0.25, 0.3) is 0 Å². The quantitative estimate of drug-likeness (QED) is 0.358. The van der Waals surface area contributed by atoms with Crippen LogP contribution in [0.5, 0.6) is 0 Å². The van der Waals surface area contributed by atoms with Gasteiger partial charge in [0.2, 0.25) is 0 Å². The molecule has 15 heavy (non-hydrogen) atoms. The normalized spacial score (nSPS) is 12.9. The van der Waals surface area contributed by atoms with Crippen molar-refractivity contribution in [3.63, 3.8) is 0 Å². The Kier molecular flexibility index (Phi) is 13.2. The third-order valence-electron chi connectivity index (χ3n) is 2.25. The minimum absolute atomic E-state index is 0.428. The summed E-state index contributed by atoms with van der Waals surface area (Å²) in [5.74, 6) is 0. The molecule has 1 atom stereocenters. The smallest absolute Gasteiger partial charge is 0.316 e. The highest BCUT2D eigenvalue weighted by atomic mass is 79.9. The molecule has 0 aliphatic heterocycles. The molecule has 0 fully saturated rings. The first-order valence-electron chi connectivity index (χ1n) is 5.69. The molecule has 0 amide bonds. The Labute approximate surface area is 102 Å². The maximum Gasteiger partial charge on any atom is 0.316 e. The van der Waals surface area contributed by atoms with E-state index in [-0.39, 0.29) is 0 Å². The summed E-state index contributed by atoms with van der Waals surface area (Å²) in [6.07, 6.45) is 9.73. The van der Waals surface area contributed by atoms with Gasteiger partial charge in [0.1, 0.15) is 0 Å². The van der Waals surface area contributed by atoms with Crippen LogP contribution in [0.4, 0.5) is 0 Å². The van der Waals surface area contributed by atoms with E-state index >= 15 is 0 Å². The summed E-state index contributed by atoms with van der Waals surface area (Å²) in [5, 5.41) is 1.12. The van der Waals surface area contributed by atoms with Crippen molar-refractivity contribution in [2.24, 2.45) is 0 Å². The van der Waals surface area contributed by atoms with Crippen LogP contribution in [0.1, 0.15) is 51.4 Å². The van der Waals surface area contributed by atoms with Gasteiger partial charge in [-0.3, -0.25) is 4.57 Å². The maximum absolute atomic E-state index is 10.2. The second kappa shape index (κ2) is 12.7. The molecule has 1 unspecified atom stereocenters. The summed E-state index contributed by atoms with van der Waals surface area (Å²) in [6.45, 7) is 0.428. The van der Waals surface area contributed by atoms with Crippen LogP contribution in [0, 0.1) is 0 Å². The summed E-state index contributed by atoms with van der Waals surface area (Å²) < 4.78 is 14.8. The van der Waals surface area contributed by atoms with Crippen molar-refractivity contribution < 1.29 is 14.0 Å². The first-order valence-corrected chi connectivity index (χ1v) is 8.07. The Bertz CT molecular complexity index is 156. The molecular weight excluding hydrogens is 279 g/mol. The van der Waals surface area contributed by atoms with Crippen LogP contribution in [0.15, 0.2) is 0 Å². The number of hydrogen-bond donors (Lipinski definition) is 1. The molecule has 0 rings (SSSR count). The lowest BCUT2D eigenvalue weighted by Gasteiger charge is -2.01. The lowest BCUT2D eigenvalue weighted by molar-refractivity contribution is 0.273. The summed E-state index contributed by atoms with van der Waals surface area (Å²) in [6, 6.07) is 0. The molecule has 0 radical (unpaired) electrons. The zero-order valence-electron chi connectivity index (χ0n) is 9.21. The van der Waals surface area contributed by atoms with Gasteiger partial charge in [0.25, 0.3) is 0 Å². The van der Waals surface area contributed by atoms with Crippen molar-refractivity contribution in [1.82, 2.24) is 0 Å². The number of unbranched alkanes of at least 4 members (excludes halogenated alkanes) is 7. The summed E-state index contributed by atoms with van der Waals surface area (Å²) in [4.78, 5) is 8.40. The number of halogens is 1. The topological polar surface area (TPSA) is 46.5 Å². The van der Waals surface area contributed by atoms with Gasteiger partial charge >= 0.3 is 8.25 Å². The molecule has 0 saturated heterocycles. The summed E-state index contributed by atoms with van der Waals surface area (Å²) >= 11 is 3.41. The molecule has 92 valence electrons. The predicted molar refractivity (Wildman–Crippen MR) is 67.9 cm³/mol. The molecule has 5 heteroatoms. The molecule has 0 bridgehead atoms. The standard InChI is InChI=1S/C10H22BrO3P/c11-9-7-5-3-1-2-4-6-8-10-14-15(12)13/h15H,1-10H2,(H,12,13). The number of hydrogen-bond acceptors (Lipinski definition) is 2. The van der Waals surface area contributed by atoms with E-state index < -0.39 is 8.25 Å². The van der Waals surface area contributed by atoms with Crippen molar-refractivity contribution >= 4 is 24.2 Å². The van der Waals surface area contributed by atoms with Gasteiger partial charge in [0.15, 0.2) is 0 Å². The van der Waals surface area contributed by atoms with E-state index in [0.29, 0.717) is 6.61 Å². The third-order valence-corrected chi connectivity index (χ3v) is 3.27. The zero-order chi connectivity index (χ0) is 11.4. The lowest BCUT2D eigenvalue weighted by atomic mass is 10.1. The average Bonchev–Trinajstić information content (AvgIpc) is 2.20. The van der Waals surface area contributed by atoms with Crippen LogP contribution in [0.3, 0.4) is 0 Å². The fraction of sp³-hybridized carbons (Fsp3) is 1.00. The summed E-state index contributed by atoms with van der Waals surface area (Å²) in [5.41, 5.74) is 0. The Morgan fingerprint density at radius 3 is 1.87 bits per heavy atom. The fourth-order valence-corrected chi connectivity index (χ4v) is 2.13. The van der Waals surface area contributed by atoms with Gasteiger partial charge in [-0.2, -0.15) is 0 Å². The highest BCUT2D eigenvalue weighted by Gasteiger charge is 1.94. The highest BCUT2D eigenvalue weighted by molar-refractivity contribution is 9.09. The SMILES string of the molecule is O=[PH](O)OCCCCCCCCCCBr. The van der Waals surface area contributed by atoms with Gasteiger partial charge in [-0.15, -0.1) is 0 Å². The van der Waals surface area contributed by atoms with E-state index in [4.69, 9.17) is 4.89 Å². The van der Waals surface area contributed by atoms with Crippen LogP contribution in [-0.4, -0.2) is 16.8 Å². The van der Waals surface area contributed by atoms with Crippen molar-refractivity contribution in [3.05, 3.63) is 0 Å². The summed E-state index contributed by atoms with van der Waals surface area (Å²) in [7, 11) is -2.70. The molecule has 0 aromatic heterocycles. The van der Waals surface area contributed by atoms with Crippen LogP contribution >= 0.6 is 24.2 Å². The largest absolute Gasteiger partial charge is 0.326 e. The highest BCUT2D eigenvalue weighted by Crippen LogP contribution is 2.15. The van der Waals surface area contributed by atoms with Crippen molar-refractivity contribution in [1.29, 1.82) is 0 Å². The molecule has 0 aliphatic carbocycles. The van der Waals surface area contributed by atoms with Gasteiger partial charge < -0.3 is 9.42 Å². The zero-order valence-corrected chi connectivity index (χ0v) is 11.8. The van der Waals surface area contributed by atoms with E-state index in [0.717, 1.165) is 18.2 Å². The molecule has 0 aromatic carbocycles. The maximum atomic E-state index is 10.2. The molecule has 1 N–H and O–H groups in total. The molecule has 0 spiro atoms. The minimum atomic E-state index is -2.70. The molecular formula is C10H22BrO3P. The van der Waals surface area contributed by atoms with Gasteiger partial charge in [0, 0.05) is 5.33 Å². The van der Waals surface area contributed by atoms with Crippen molar-refractivity contribution in [3.8, 4) is 0 Å².